The Morgan fingerprint density at radius 2 is 1.85 bits per heavy atom. The molecular weight excluding hydrogens is 248 g/mol. The fraction of sp³-hybridized carbons (Fsp3) is 1.00. The lowest BCUT2D eigenvalue weighted by Gasteiger charge is -2.51. The molecule has 1 heterocycles. The van der Waals surface area contributed by atoms with Gasteiger partial charge in [0.2, 0.25) is 0 Å². The van der Waals surface area contributed by atoms with Gasteiger partial charge in [-0.2, -0.15) is 0 Å². The summed E-state index contributed by atoms with van der Waals surface area (Å²) in [5.74, 6) is 4.08. The van der Waals surface area contributed by atoms with Crippen molar-refractivity contribution >= 4 is 0 Å². The lowest BCUT2D eigenvalue weighted by molar-refractivity contribution is -0.148. The van der Waals surface area contributed by atoms with E-state index >= 15 is 0 Å². The number of rotatable bonds is 4. The third-order valence-corrected chi connectivity index (χ3v) is 6.51. The van der Waals surface area contributed by atoms with Gasteiger partial charge in [0, 0.05) is 0 Å². The Balaban J connectivity index is 1.61. The zero-order valence-electron chi connectivity index (χ0n) is 13.3. The maximum Gasteiger partial charge on any atom is 0.0631 e. The van der Waals surface area contributed by atoms with Crippen LogP contribution in [0.3, 0.4) is 0 Å². The molecular formula is C18H32O2. The van der Waals surface area contributed by atoms with Gasteiger partial charge in [0.25, 0.3) is 0 Å². The molecule has 3 fully saturated rings. The van der Waals surface area contributed by atoms with Crippen LogP contribution < -0.4 is 0 Å². The van der Waals surface area contributed by atoms with E-state index in [1.54, 1.807) is 0 Å². The van der Waals surface area contributed by atoms with E-state index in [0.29, 0.717) is 6.10 Å². The molecule has 0 amide bonds. The van der Waals surface area contributed by atoms with Crippen molar-refractivity contribution in [2.75, 3.05) is 6.61 Å². The molecule has 0 aromatic heterocycles. The van der Waals surface area contributed by atoms with Gasteiger partial charge in [-0.05, 0) is 68.6 Å². The number of hydrogen-bond acceptors (Lipinski definition) is 2. The molecule has 116 valence electrons. The van der Waals surface area contributed by atoms with Crippen LogP contribution in [-0.2, 0) is 4.74 Å². The molecule has 1 N–H and O–H groups in total. The summed E-state index contributed by atoms with van der Waals surface area (Å²) < 4.78 is 6.34. The van der Waals surface area contributed by atoms with Gasteiger partial charge in [0.1, 0.15) is 0 Å². The van der Waals surface area contributed by atoms with Crippen LogP contribution in [0.1, 0.15) is 65.2 Å². The fourth-order valence-electron chi connectivity index (χ4n) is 5.07. The third kappa shape index (κ3) is 2.92. The van der Waals surface area contributed by atoms with Crippen LogP contribution in [0.2, 0.25) is 0 Å². The van der Waals surface area contributed by atoms with Gasteiger partial charge in [-0.15, -0.1) is 0 Å². The standard InChI is InChI=1S/C18H32O2/c1-12(19)9-10-14-5-4-8-16-13(2)18(15-6-3-7-15)20-11-17(14)16/h12-19H,3-11H2,1-2H3/t12?,13-,14-,16+,17?,18?/m1/s1. The number of aliphatic hydroxyl groups is 1. The molecule has 2 nitrogen and oxygen atoms in total. The highest BCUT2D eigenvalue weighted by Crippen LogP contribution is 2.49. The summed E-state index contributed by atoms with van der Waals surface area (Å²) in [6.45, 7) is 5.38. The Morgan fingerprint density at radius 1 is 1.10 bits per heavy atom. The van der Waals surface area contributed by atoms with Crippen molar-refractivity contribution in [2.24, 2.45) is 29.6 Å². The molecule has 2 heteroatoms. The number of aliphatic hydroxyl groups excluding tert-OH is 1. The summed E-state index contributed by atoms with van der Waals surface area (Å²) >= 11 is 0. The van der Waals surface area contributed by atoms with E-state index in [0.717, 1.165) is 42.6 Å². The fourth-order valence-corrected chi connectivity index (χ4v) is 5.07. The summed E-state index contributed by atoms with van der Waals surface area (Å²) in [7, 11) is 0. The van der Waals surface area contributed by atoms with Crippen LogP contribution in [-0.4, -0.2) is 23.9 Å². The second-order valence-electron chi connectivity index (χ2n) is 7.79. The average molecular weight is 280 g/mol. The van der Waals surface area contributed by atoms with E-state index in [1.807, 2.05) is 6.92 Å². The molecule has 0 aromatic rings. The molecule has 0 aromatic carbocycles. The Kier molecular flexibility index (Phi) is 4.72. The quantitative estimate of drug-likeness (QED) is 0.843. The molecule has 3 rings (SSSR count). The van der Waals surface area contributed by atoms with Crippen molar-refractivity contribution in [1.82, 2.24) is 0 Å². The van der Waals surface area contributed by atoms with Crippen LogP contribution in [0.15, 0.2) is 0 Å². The average Bonchev–Trinajstić information content (AvgIpc) is 2.37. The molecule has 6 atom stereocenters. The molecule has 3 aliphatic rings. The van der Waals surface area contributed by atoms with Crippen molar-refractivity contribution in [3.05, 3.63) is 0 Å². The van der Waals surface area contributed by atoms with E-state index in [4.69, 9.17) is 4.74 Å². The second-order valence-corrected chi connectivity index (χ2v) is 7.79. The third-order valence-electron chi connectivity index (χ3n) is 6.51. The minimum atomic E-state index is -0.139. The first-order valence-corrected chi connectivity index (χ1v) is 8.96. The molecule has 0 bridgehead atoms. The van der Waals surface area contributed by atoms with Crippen molar-refractivity contribution in [3.63, 3.8) is 0 Å². The van der Waals surface area contributed by atoms with Crippen molar-refractivity contribution in [2.45, 2.75) is 77.4 Å². The topological polar surface area (TPSA) is 29.5 Å². The second kappa shape index (κ2) is 6.36. The van der Waals surface area contributed by atoms with E-state index in [2.05, 4.69) is 6.92 Å². The smallest absolute Gasteiger partial charge is 0.0631 e. The van der Waals surface area contributed by atoms with Crippen LogP contribution in [0, 0.1) is 29.6 Å². The molecule has 1 aliphatic heterocycles. The maximum absolute atomic E-state index is 9.55. The number of hydrogen-bond donors (Lipinski definition) is 1. The Labute approximate surface area is 124 Å². The molecule has 1 saturated heterocycles. The normalized spacial score (nSPS) is 43.6. The maximum atomic E-state index is 9.55. The van der Waals surface area contributed by atoms with E-state index in [9.17, 15) is 5.11 Å². The van der Waals surface area contributed by atoms with Crippen LogP contribution in [0.4, 0.5) is 0 Å². The molecule has 2 saturated carbocycles. The Hall–Kier alpha value is -0.0800. The molecule has 2 aliphatic carbocycles. The SMILES string of the molecule is CC(O)CC[C@H]1CCC[C@@H]2C1COC(C1CCC1)[C@@H]2C. The summed E-state index contributed by atoms with van der Waals surface area (Å²) in [6.07, 6.45) is 11.0. The largest absolute Gasteiger partial charge is 0.393 e. The van der Waals surface area contributed by atoms with E-state index in [-0.39, 0.29) is 6.10 Å². The molecule has 3 unspecified atom stereocenters. The summed E-state index contributed by atoms with van der Waals surface area (Å²) in [6, 6.07) is 0. The van der Waals surface area contributed by atoms with Crippen molar-refractivity contribution in [1.29, 1.82) is 0 Å². The van der Waals surface area contributed by atoms with Gasteiger partial charge < -0.3 is 9.84 Å². The van der Waals surface area contributed by atoms with Gasteiger partial charge >= 0.3 is 0 Å². The minimum absolute atomic E-state index is 0.139. The Morgan fingerprint density at radius 3 is 2.50 bits per heavy atom. The highest BCUT2D eigenvalue weighted by molar-refractivity contribution is 4.94. The van der Waals surface area contributed by atoms with Gasteiger partial charge in [0.15, 0.2) is 0 Å². The molecule has 20 heavy (non-hydrogen) atoms. The summed E-state index contributed by atoms with van der Waals surface area (Å²) in [5.41, 5.74) is 0. The highest BCUT2D eigenvalue weighted by Gasteiger charge is 2.45. The van der Waals surface area contributed by atoms with Gasteiger partial charge in [-0.1, -0.05) is 26.2 Å². The van der Waals surface area contributed by atoms with E-state index in [1.165, 1.54) is 44.9 Å². The van der Waals surface area contributed by atoms with Gasteiger partial charge in [-0.3, -0.25) is 0 Å². The monoisotopic (exact) mass is 280 g/mol. The first-order valence-electron chi connectivity index (χ1n) is 8.96. The molecule has 0 spiro atoms. The van der Waals surface area contributed by atoms with E-state index < -0.39 is 0 Å². The first-order chi connectivity index (χ1) is 9.66. The van der Waals surface area contributed by atoms with Crippen LogP contribution >= 0.6 is 0 Å². The van der Waals surface area contributed by atoms with Gasteiger partial charge in [-0.25, -0.2) is 0 Å². The van der Waals surface area contributed by atoms with Crippen molar-refractivity contribution < 1.29 is 9.84 Å². The summed E-state index contributed by atoms with van der Waals surface area (Å²) in [4.78, 5) is 0. The lowest BCUT2D eigenvalue weighted by Crippen LogP contribution is -2.49. The summed E-state index contributed by atoms with van der Waals surface area (Å²) in [5, 5.41) is 9.55. The van der Waals surface area contributed by atoms with Crippen molar-refractivity contribution in [3.8, 4) is 0 Å². The zero-order chi connectivity index (χ0) is 14.1. The molecule has 0 radical (unpaired) electrons. The van der Waals surface area contributed by atoms with Crippen LogP contribution in [0.5, 0.6) is 0 Å². The van der Waals surface area contributed by atoms with Gasteiger partial charge in [0.05, 0.1) is 18.8 Å². The highest BCUT2D eigenvalue weighted by atomic mass is 16.5. The zero-order valence-corrected chi connectivity index (χ0v) is 13.3. The first kappa shape index (κ1) is 14.8. The number of fused-ring (bicyclic) bond motifs is 1. The van der Waals surface area contributed by atoms with Crippen LogP contribution in [0.25, 0.3) is 0 Å². The lowest BCUT2D eigenvalue weighted by atomic mass is 9.61. The predicted molar refractivity (Wildman–Crippen MR) is 81.5 cm³/mol. The Bertz CT molecular complexity index is 311. The minimum Gasteiger partial charge on any atom is -0.393 e. The predicted octanol–water partition coefficient (Wildman–Crippen LogP) is 4.01. The number of ether oxygens (including phenoxy) is 1.